The van der Waals surface area contributed by atoms with Crippen molar-refractivity contribution in [3.05, 3.63) is 59.7 Å². The maximum atomic E-state index is 12.6. The Hall–Kier alpha value is -3.08. The number of para-hydroxylation sites is 1. The Morgan fingerprint density at radius 1 is 1.07 bits per heavy atom. The molecule has 7 nitrogen and oxygen atoms in total. The molecule has 0 saturated heterocycles. The molecule has 2 aromatic rings. The van der Waals surface area contributed by atoms with Crippen LogP contribution in [0.15, 0.2) is 57.8 Å². The van der Waals surface area contributed by atoms with E-state index in [1.807, 2.05) is 0 Å². The van der Waals surface area contributed by atoms with E-state index in [9.17, 15) is 26.4 Å². The lowest BCUT2D eigenvalue weighted by Crippen LogP contribution is -2.39. The van der Waals surface area contributed by atoms with Gasteiger partial charge in [-0.1, -0.05) is 30.3 Å². The lowest BCUT2D eigenvalue weighted by molar-refractivity contribution is -0.275. The van der Waals surface area contributed by atoms with E-state index in [2.05, 4.69) is 9.13 Å². The van der Waals surface area contributed by atoms with Crippen LogP contribution in [0.5, 0.6) is 5.75 Å². The normalized spacial score (nSPS) is 14.6. The zero-order valence-electron chi connectivity index (χ0n) is 16.0. The number of carbonyl (C=O) groups excluding carboxylic acids is 1. The van der Waals surface area contributed by atoms with E-state index in [-0.39, 0.29) is 29.4 Å². The molecule has 0 N–H and O–H groups in total. The minimum atomic E-state index is -4.85. The third kappa shape index (κ3) is 4.73. The second kappa shape index (κ2) is 7.98. The smallest absolute Gasteiger partial charge is 0.405 e. The summed E-state index contributed by atoms with van der Waals surface area (Å²) in [6.07, 6.45) is -4.85. The summed E-state index contributed by atoms with van der Waals surface area (Å²) >= 11 is 0. The van der Waals surface area contributed by atoms with Gasteiger partial charge in [-0.2, -0.15) is 8.42 Å². The largest absolute Gasteiger partial charge is 0.573 e. The monoisotopic (exact) mass is 441 g/mol. The predicted octanol–water partition coefficient (Wildman–Crippen LogP) is 2.62. The Morgan fingerprint density at radius 2 is 1.70 bits per heavy atom. The van der Waals surface area contributed by atoms with Crippen LogP contribution in [0.3, 0.4) is 0 Å². The first kappa shape index (κ1) is 21.6. The molecular weight excluding hydrogens is 423 g/mol. The van der Waals surface area contributed by atoms with Crippen LogP contribution in [0.25, 0.3) is 0 Å². The van der Waals surface area contributed by atoms with Crippen LogP contribution in [-0.4, -0.2) is 57.0 Å². The molecule has 0 fully saturated rings. The highest BCUT2D eigenvalue weighted by molar-refractivity contribution is 7.90. The zero-order valence-corrected chi connectivity index (χ0v) is 16.9. The number of hydrogen-bond acceptors (Lipinski definition) is 5. The summed E-state index contributed by atoms with van der Waals surface area (Å²) in [7, 11) is -0.880. The van der Waals surface area contributed by atoms with E-state index in [4.69, 9.17) is 0 Å². The Bertz CT molecular complexity index is 1100. The summed E-state index contributed by atoms with van der Waals surface area (Å²) in [5.41, 5.74) is 0.568. The molecule has 0 atom stereocenters. The van der Waals surface area contributed by atoms with Crippen molar-refractivity contribution in [3.8, 4) is 5.75 Å². The average Bonchev–Trinajstić information content (AvgIpc) is 2.94. The minimum Gasteiger partial charge on any atom is -0.405 e. The summed E-state index contributed by atoms with van der Waals surface area (Å²) in [5, 5.41) is 0. The highest BCUT2D eigenvalue weighted by Gasteiger charge is 2.33. The fourth-order valence-corrected chi connectivity index (χ4v) is 4.22. The van der Waals surface area contributed by atoms with E-state index in [1.54, 1.807) is 18.2 Å². The molecular formula is C19H18F3N3O4S. The number of likely N-dealkylation sites (N-methyl/N-ethyl adjacent to an activating group) is 2. The molecule has 0 aromatic heterocycles. The molecule has 1 aliphatic rings. The van der Waals surface area contributed by atoms with Gasteiger partial charge in [-0.15, -0.1) is 17.6 Å². The van der Waals surface area contributed by atoms with Gasteiger partial charge in [0.15, 0.2) is 5.84 Å². The molecule has 0 saturated carbocycles. The molecule has 11 heteroatoms. The summed E-state index contributed by atoms with van der Waals surface area (Å²) in [6, 6.07) is 11.8. The first-order valence-electron chi connectivity index (χ1n) is 8.71. The average molecular weight is 441 g/mol. The summed E-state index contributed by atoms with van der Waals surface area (Å²) in [6.45, 7) is -0.345. The lowest BCUT2D eigenvalue weighted by atomic mass is 10.2. The second-order valence-electron chi connectivity index (χ2n) is 6.65. The maximum Gasteiger partial charge on any atom is 0.573 e. The second-order valence-corrected chi connectivity index (χ2v) is 8.22. The van der Waals surface area contributed by atoms with Crippen LogP contribution in [-0.2, 0) is 21.4 Å². The number of amidine groups is 1. The number of amides is 1. The predicted molar refractivity (Wildman–Crippen MR) is 102 cm³/mol. The van der Waals surface area contributed by atoms with Crippen molar-refractivity contribution in [2.24, 2.45) is 4.40 Å². The third-order valence-corrected chi connectivity index (χ3v) is 5.70. The number of nitrogens with zero attached hydrogens (tertiary/aromatic N) is 3. The van der Waals surface area contributed by atoms with Crippen molar-refractivity contribution in [1.82, 2.24) is 9.80 Å². The molecule has 160 valence electrons. The number of ether oxygens (including phenoxy) is 1. The number of hydrogen-bond donors (Lipinski definition) is 0. The zero-order chi connectivity index (χ0) is 22.1. The van der Waals surface area contributed by atoms with E-state index < -0.39 is 28.0 Å². The van der Waals surface area contributed by atoms with Crippen LogP contribution in [0, 0.1) is 0 Å². The summed E-state index contributed by atoms with van der Waals surface area (Å²) in [5.74, 6) is -0.699. The first-order valence-corrected chi connectivity index (χ1v) is 10.1. The van der Waals surface area contributed by atoms with Crippen LogP contribution in [0.1, 0.15) is 11.1 Å². The van der Waals surface area contributed by atoms with Crippen LogP contribution < -0.4 is 4.74 Å². The van der Waals surface area contributed by atoms with E-state index in [0.717, 1.165) is 0 Å². The number of fused-ring (bicyclic) bond motifs is 1. The number of rotatable bonds is 5. The Kier molecular flexibility index (Phi) is 5.75. The van der Waals surface area contributed by atoms with Gasteiger partial charge >= 0.3 is 6.36 Å². The molecule has 0 aliphatic carbocycles. The van der Waals surface area contributed by atoms with Gasteiger partial charge in [-0.25, -0.2) is 0 Å². The standard InChI is InChI=1S/C19H18F3N3O4S/c1-24(11-13-7-3-5-9-15(13)29-19(20,21)22)17(26)12-25(2)18-14-8-4-6-10-16(14)30(27,28)23-18/h3-10H,11-12H2,1-2H3. The Labute approximate surface area is 171 Å². The van der Waals surface area contributed by atoms with Gasteiger partial charge in [0.05, 0.1) is 6.54 Å². The quantitative estimate of drug-likeness (QED) is 0.713. The molecule has 0 bridgehead atoms. The van der Waals surface area contributed by atoms with Gasteiger partial charge in [-0.05, 0) is 18.2 Å². The molecule has 0 unspecified atom stereocenters. The van der Waals surface area contributed by atoms with Crippen molar-refractivity contribution in [2.45, 2.75) is 17.8 Å². The van der Waals surface area contributed by atoms with Gasteiger partial charge in [0, 0.05) is 31.8 Å². The van der Waals surface area contributed by atoms with Crippen LogP contribution in [0.2, 0.25) is 0 Å². The SMILES string of the molecule is CN(Cc1ccccc1OC(F)(F)F)C(=O)CN(C)C1=NS(=O)(=O)c2ccccc21. The van der Waals surface area contributed by atoms with Crippen molar-refractivity contribution < 1.29 is 31.1 Å². The first-order chi connectivity index (χ1) is 14.0. The number of alkyl halides is 3. The number of halogens is 3. The van der Waals surface area contributed by atoms with Gasteiger partial charge in [-0.3, -0.25) is 4.79 Å². The molecule has 0 spiro atoms. The van der Waals surface area contributed by atoms with Gasteiger partial charge in [0.1, 0.15) is 10.6 Å². The van der Waals surface area contributed by atoms with Gasteiger partial charge < -0.3 is 14.5 Å². The summed E-state index contributed by atoms with van der Waals surface area (Å²) < 4.78 is 69.8. The number of sulfonamides is 1. The maximum absolute atomic E-state index is 12.6. The highest BCUT2D eigenvalue weighted by atomic mass is 32.2. The van der Waals surface area contributed by atoms with Gasteiger partial charge in [0.25, 0.3) is 10.0 Å². The molecule has 2 aromatic carbocycles. The molecule has 30 heavy (non-hydrogen) atoms. The lowest BCUT2D eigenvalue weighted by Gasteiger charge is -2.24. The van der Waals surface area contributed by atoms with Gasteiger partial charge in [0.2, 0.25) is 5.91 Å². The van der Waals surface area contributed by atoms with E-state index >= 15 is 0 Å². The fourth-order valence-electron chi connectivity index (χ4n) is 2.96. The number of carbonyl (C=O) groups is 1. The molecule has 1 amide bonds. The highest BCUT2D eigenvalue weighted by Crippen LogP contribution is 2.28. The topological polar surface area (TPSA) is 79.3 Å². The van der Waals surface area contributed by atoms with Crippen molar-refractivity contribution in [3.63, 3.8) is 0 Å². The molecule has 1 aliphatic heterocycles. The fraction of sp³-hybridized carbons (Fsp3) is 0.263. The molecule has 1 heterocycles. The third-order valence-electron chi connectivity index (χ3n) is 4.38. The van der Waals surface area contributed by atoms with E-state index in [0.29, 0.717) is 5.56 Å². The van der Waals surface area contributed by atoms with Crippen LogP contribution >= 0.6 is 0 Å². The number of benzene rings is 2. The molecule has 3 rings (SSSR count). The van der Waals surface area contributed by atoms with E-state index in [1.165, 1.54) is 54.2 Å². The summed E-state index contributed by atoms with van der Waals surface area (Å²) in [4.78, 5) is 15.3. The van der Waals surface area contributed by atoms with Crippen LogP contribution in [0.4, 0.5) is 13.2 Å². The van der Waals surface area contributed by atoms with Crippen molar-refractivity contribution in [1.29, 1.82) is 0 Å². The van der Waals surface area contributed by atoms with Crippen molar-refractivity contribution in [2.75, 3.05) is 20.6 Å². The Balaban J connectivity index is 1.72. The molecule has 0 radical (unpaired) electrons. The minimum absolute atomic E-state index is 0.0610. The van der Waals surface area contributed by atoms with Crippen molar-refractivity contribution >= 4 is 21.8 Å². The Morgan fingerprint density at radius 3 is 2.40 bits per heavy atom.